The number of anilines is 1. The molecular weight excluding hydrogens is 358 g/mol. The van der Waals surface area contributed by atoms with Gasteiger partial charge in [-0.25, -0.2) is 9.97 Å². The van der Waals surface area contributed by atoms with Gasteiger partial charge in [-0.3, -0.25) is 0 Å². The van der Waals surface area contributed by atoms with E-state index in [0.29, 0.717) is 0 Å². The van der Waals surface area contributed by atoms with Gasteiger partial charge in [0.05, 0.1) is 11.0 Å². The minimum absolute atomic E-state index is 0.856. The minimum Gasteiger partial charge on any atom is -0.368 e. The van der Waals surface area contributed by atoms with E-state index in [9.17, 15) is 0 Å². The molecule has 150 valence electrons. The van der Waals surface area contributed by atoms with Gasteiger partial charge in [0.1, 0.15) is 5.69 Å². The second-order valence-electron chi connectivity index (χ2n) is 7.62. The van der Waals surface area contributed by atoms with E-state index in [1.807, 2.05) is 42.5 Å². The molecule has 1 saturated heterocycles. The average Bonchev–Trinajstić information content (AvgIpc) is 2.77. The van der Waals surface area contributed by atoms with Crippen LogP contribution in [0.5, 0.6) is 0 Å². The molecular formula is C24H29N5. The van der Waals surface area contributed by atoms with Gasteiger partial charge >= 0.3 is 0 Å². The van der Waals surface area contributed by atoms with Gasteiger partial charge in [-0.1, -0.05) is 48.5 Å². The van der Waals surface area contributed by atoms with Crippen molar-refractivity contribution < 1.29 is 0 Å². The van der Waals surface area contributed by atoms with Crippen LogP contribution in [-0.2, 0) is 0 Å². The first kappa shape index (κ1) is 19.6. The van der Waals surface area contributed by atoms with Gasteiger partial charge in [0.2, 0.25) is 0 Å². The third-order valence-corrected chi connectivity index (χ3v) is 5.37. The standard InChI is InChI=1S/C24H29N5/c1-28-16-18-29(19-17-28)15-7-14-25-24-23(13-12-20-8-3-2-4-9-20)26-21-10-5-6-11-22(21)27-24/h2-6,8-13H,7,14-19H2,1H3,(H,25,27). The van der Waals surface area contributed by atoms with E-state index >= 15 is 0 Å². The van der Waals surface area contributed by atoms with Gasteiger partial charge in [0.15, 0.2) is 5.82 Å². The maximum absolute atomic E-state index is 4.84. The van der Waals surface area contributed by atoms with Crippen molar-refractivity contribution in [3.8, 4) is 0 Å². The molecule has 0 spiro atoms. The zero-order valence-corrected chi connectivity index (χ0v) is 17.1. The maximum Gasteiger partial charge on any atom is 0.152 e. The van der Waals surface area contributed by atoms with Crippen LogP contribution in [-0.4, -0.2) is 66.1 Å². The molecule has 1 fully saturated rings. The van der Waals surface area contributed by atoms with Gasteiger partial charge < -0.3 is 15.1 Å². The predicted molar refractivity (Wildman–Crippen MR) is 122 cm³/mol. The molecule has 0 saturated carbocycles. The van der Waals surface area contributed by atoms with E-state index in [-0.39, 0.29) is 0 Å². The second kappa shape index (κ2) is 9.63. The van der Waals surface area contributed by atoms with Gasteiger partial charge in [-0.05, 0) is 43.8 Å². The highest BCUT2D eigenvalue weighted by Crippen LogP contribution is 2.19. The summed E-state index contributed by atoms with van der Waals surface area (Å²) in [5, 5.41) is 3.53. The second-order valence-corrected chi connectivity index (χ2v) is 7.62. The lowest BCUT2D eigenvalue weighted by atomic mass is 10.2. The van der Waals surface area contributed by atoms with Crippen molar-refractivity contribution in [2.75, 3.05) is 51.6 Å². The summed E-state index contributed by atoms with van der Waals surface area (Å²) >= 11 is 0. The largest absolute Gasteiger partial charge is 0.368 e. The van der Waals surface area contributed by atoms with E-state index < -0.39 is 0 Å². The molecule has 29 heavy (non-hydrogen) atoms. The predicted octanol–water partition coefficient (Wildman–Crippen LogP) is 3.85. The summed E-state index contributed by atoms with van der Waals surface area (Å²) < 4.78 is 0. The van der Waals surface area contributed by atoms with E-state index in [4.69, 9.17) is 9.97 Å². The lowest BCUT2D eigenvalue weighted by molar-refractivity contribution is 0.154. The number of para-hydroxylation sites is 2. The molecule has 1 aliphatic heterocycles. The summed E-state index contributed by atoms with van der Waals surface area (Å²) in [4.78, 5) is 14.6. The molecule has 1 aromatic heterocycles. The number of hydrogen-bond donors (Lipinski definition) is 1. The Morgan fingerprint density at radius 1 is 0.862 bits per heavy atom. The van der Waals surface area contributed by atoms with Crippen LogP contribution in [0.15, 0.2) is 54.6 Å². The topological polar surface area (TPSA) is 44.3 Å². The fourth-order valence-corrected chi connectivity index (χ4v) is 3.58. The summed E-state index contributed by atoms with van der Waals surface area (Å²) in [5.41, 5.74) is 3.88. The Balaban J connectivity index is 1.44. The molecule has 5 nitrogen and oxygen atoms in total. The van der Waals surface area contributed by atoms with Crippen molar-refractivity contribution in [2.24, 2.45) is 0 Å². The summed E-state index contributed by atoms with van der Waals surface area (Å²) in [6.45, 7) is 6.67. The lowest BCUT2D eigenvalue weighted by Crippen LogP contribution is -2.44. The van der Waals surface area contributed by atoms with E-state index in [2.05, 4.69) is 46.4 Å². The SMILES string of the molecule is CN1CCN(CCCNc2nc3ccccc3nc2C=Cc2ccccc2)CC1. The summed E-state index contributed by atoms with van der Waals surface area (Å²) in [5.74, 6) is 0.856. The molecule has 4 rings (SSSR count). The smallest absolute Gasteiger partial charge is 0.152 e. The van der Waals surface area contributed by atoms with Crippen LogP contribution < -0.4 is 5.32 Å². The number of nitrogens with zero attached hydrogens (tertiary/aromatic N) is 4. The maximum atomic E-state index is 4.84. The third-order valence-electron chi connectivity index (χ3n) is 5.37. The highest BCUT2D eigenvalue weighted by Gasteiger charge is 2.13. The molecule has 1 N–H and O–H groups in total. The molecule has 0 amide bonds. The quantitative estimate of drug-likeness (QED) is 0.624. The molecule has 0 radical (unpaired) electrons. The number of benzene rings is 2. The number of hydrogen-bond acceptors (Lipinski definition) is 5. The summed E-state index contributed by atoms with van der Waals surface area (Å²) in [6.07, 6.45) is 5.24. The van der Waals surface area contributed by atoms with Crippen molar-refractivity contribution in [2.45, 2.75) is 6.42 Å². The number of nitrogens with one attached hydrogen (secondary N) is 1. The van der Waals surface area contributed by atoms with Crippen LogP contribution in [0.4, 0.5) is 5.82 Å². The van der Waals surface area contributed by atoms with Crippen LogP contribution in [0.3, 0.4) is 0 Å². The number of likely N-dealkylation sites (N-methyl/N-ethyl adjacent to an activating group) is 1. The molecule has 0 unspecified atom stereocenters. The van der Waals surface area contributed by atoms with Gasteiger partial charge in [0.25, 0.3) is 0 Å². The minimum atomic E-state index is 0.856. The normalized spacial score (nSPS) is 15.9. The van der Waals surface area contributed by atoms with Crippen molar-refractivity contribution in [3.63, 3.8) is 0 Å². The van der Waals surface area contributed by atoms with Crippen LogP contribution in [0.25, 0.3) is 23.2 Å². The number of rotatable bonds is 7. The first-order valence-electron chi connectivity index (χ1n) is 10.4. The van der Waals surface area contributed by atoms with Crippen molar-refractivity contribution in [1.29, 1.82) is 0 Å². The molecule has 1 aliphatic rings. The molecule has 0 aliphatic carbocycles. The van der Waals surface area contributed by atoms with Crippen molar-refractivity contribution >= 4 is 29.0 Å². The van der Waals surface area contributed by atoms with Crippen LogP contribution >= 0.6 is 0 Å². The summed E-state index contributed by atoms with van der Waals surface area (Å²) in [6, 6.07) is 18.3. The molecule has 0 atom stereocenters. The van der Waals surface area contributed by atoms with Crippen LogP contribution in [0, 0.1) is 0 Å². The van der Waals surface area contributed by atoms with Crippen LogP contribution in [0.1, 0.15) is 17.7 Å². The average molecular weight is 388 g/mol. The van der Waals surface area contributed by atoms with Crippen molar-refractivity contribution in [3.05, 3.63) is 65.9 Å². The number of piperazine rings is 1. The van der Waals surface area contributed by atoms with E-state index in [1.54, 1.807) is 0 Å². The zero-order valence-electron chi connectivity index (χ0n) is 17.1. The van der Waals surface area contributed by atoms with Crippen LogP contribution in [0.2, 0.25) is 0 Å². The Morgan fingerprint density at radius 3 is 2.31 bits per heavy atom. The van der Waals surface area contributed by atoms with Crippen molar-refractivity contribution in [1.82, 2.24) is 19.8 Å². The fourth-order valence-electron chi connectivity index (χ4n) is 3.58. The first-order chi connectivity index (χ1) is 14.3. The molecule has 0 bridgehead atoms. The highest BCUT2D eigenvalue weighted by molar-refractivity contribution is 5.81. The Hall–Kier alpha value is -2.76. The highest BCUT2D eigenvalue weighted by atomic mass is 15.2. The van der Waals surface area contributed by atoms with E-state index in [0.717, 1.165) is 73.8 Å². The lowest BCUT2D eigenvalue weighted by Gasteiger charge is -2.32. The fraction of sp³-hybridized carbons (Fsp3) is 0.333. The first-order valence-corrected chi connectivity index (χ1v) is 10.4. The zero-order chi connectivity index (χ0) is 19.9. The van der Waals surface area contributed by atoms with E-state index in [1.165, 1.54) is 0 Å². The Bertz CT molecular complexity index is 946. The Kier molecular flexibility index (Phi) is 6.49. The van der Waals surface area contributed by atoms with Gasteiger partial charge in [-0.15, -0.1) is 0 Å². The number of aromatic nitrogens is 2. The molecule has 2 aromatic carbocycles. The third kappa shape index (κ3) is 5.40. The molecule has 5 heteroatoms. The monoisotopic (exact) mass is 387 g/mol. The van der Waals surface area contributed by atoms with Gasteiger partial charge in [-0.2, -0.15) is 0 Å². The van der Waals surface area contributed by atoms with Gasteiger partial charge in [0, 0.05) is 32.7 Å². The molecule has 2 heterocycles. The number of fused-ring (bicyclic) bond motifs is 1. The Labute approximate surface area is 173 Å². The molecule has 3 aromatic rings. The Morgan fingerprint density at radius 2 is 1.55 bits per heavy atom. The summed E-state index contributed by atoms with van der Waals surface area (Å²) in [7, 11) is 2.20.